The van der Waals surface area contributed by atoms with Crippen LogP contribution in [0.2, 0.25) is 0 Å². The molecule has 1 aromatic heterocycles. The molecule has 106 valence electrons. The maximum absolute atomic E-state index is 5.75. The van der Waals surface area contributed by atoms with E-state index in [-0.39, 0.29) is 5.41 Å². The van der Waals surface area contributed by atoms with E-state index >= 15 is 0 Å². The van der Waals surface area contributed by atoms with E-state index in [1.54, 1.807) is 18.0 Å². The number of hydrogen-bond acceptors (Lipinski definition) is 4. The second-order valence-electron chi connectivity index (χ2n) is 5.90. The Morgan fingerprint density at radius 3 is 2.40 bits per heavy atom. The van der Waals surface area contributed by atoms with Gasteiger partial charge in [0.2, 0.25) is 0 Å². The lowest BCUT2D eigenvalue weighted by Crippen LogP contribution is -2.16. The molecule has 1 aromatic carbocycles. The lowest BCUT2D eigenvalue weighted by molar-refractivity contribution is 0.198. The maximum atomic E-state index is 5.75. The van der Waals surface area contributed by atoms with Crippen LogP contribution in [0.25, 0.3) is 0 Å². The third-order valence-corrected chi connectivity index (χ3v) is 3.36. The first-order valence-corrected chi connectivity index (χ1v) is 7.44. The average molecular weight is 288 g/mol. The molecule has 3 nitrogen and oxygen atoms in total. The number of benzene rings is 1. The predicted molar refractivity (Wildman–Crippen MR) is 82.3 cm³/mol. The van der Waals surface area contributed by atoms with Crippen molar-refractivity contribution in [1.29, 1.82) is 0 Å². The summed E-state index contributed by atoms with van der Waals surface area (Å²) >= 11 is 1.56. The molecule has 0 amide bonds. The van der Waals surface area contributed by atoms with Crippen LogP contribution in [0.1, 0.15) is 26.5 Å². The Bertz CT molecular complexity index is 561. The topological polar surface area (TPSA) is 35.0 Å². The van der Waals surface area contributed by atoms with Gasteiger partial charge < -0.3 is 4.74 Å². The van der Waals surface area contributed by atoms with Gasteiger partial charge in [0.1, 0.15) is 5.75 Å². The van der Waals surface area contributed by atoms with Crippen molar-refractivity contribution in [2.45, 2.75) is 37.7 Å². The molecular weight excluding hydrogens is 268 g/mol. The van der Waals surface area contributed by atoms with Crippen LogP contribution < -0.4 is 4.74 Å². The highest BCUT2D eigenvalue weighted by Crippen LogP contribution is 2.27. The SMILES string of the molecule is Cc1ccnc(Sc2ccc(OCC(C)(C)C)cc2)n1. The van der Waals surface area contributed by atoms with Gasteiger partial charge in [-0.1, -0.05) is 20.8 Å². The van der Waals surface area contributed by atoms with E-state index in [1.807, 2.05) is 37.3 Å². The predicted octanol–water partition coefficient (Wildman–Crippen LogP) is 4.36. The summed E-state index contributed by atoms with van der Waals surface area (Å²) < 4.78 is 5.75. The largest absolute Gasteiger partial charge is 0.493 e. The number of nitrogens with zero attached hydrogens (tertiary/aromatic N) is 2. The summed E-state index contributed by atoms with van der Waals surface area (Å²) in [5.74, 6) is 0.898. The fourth-order valence-corrected chi connectivity index (χ4v) is 2.27. The fraction of sp³-hybridized carbons (Fsp3) is 0.375. The van der Waals surface area contributed by atoms with E-state index in [9.17, 15) is 0 Å². The molecule has 2 aromatic rings. The molecule has 0 bridgehead atoms. The van der Waals surface area contributed by atoms with Gasteiger partial charge in [-0.25, -0.2) is 9.97 Å². The van der Waals surface area contributed by atoms with Crippen molar-refractivity contribution in [3.05, 3.63) is 42.2 Å². The van der Waals surface area contributed by atoms with E-state index in [4.69, 9.17) is 4.74 Å². The van der Waals surface area contributed by atoms with Crippen LogP contribution in [0.15, 0.2) is 46.6 Å². The third kappa shape index (κ3) is 4.85. The molecule has 1 heterocycles. The summed E-state index contributed by atoms with van der Waals surface area (Å²) in [6.07, 6.45) is 1.78. The van der Waals surface area contributed by atoms with Crippen LogP contribution in [0.5, 0.6) is 5.75 Å². The minimum atomic E-state index is 0.169. The van der Waals surface area contributed by atoms with Gasteiger partial charge in [0.05, 0.1) is 6.61 Å². The Morgan fingerprint density at radius 2 is 1.80 bits per heavy atom. The van der Waals surface area contributed by atoms with Gasteiger partial charge >= 0.3 is 0 Å². The van der Waals surface area contributed by atoms with Gasteiger partial charge in [0, 0.05) is 16.8 Å². The van der Waals surface area contributed by atoms with E-state index in [2.05, 4.69) is 30.7 Å². The zero-order valence-corrected chi connectivity index (χ0v) is 13.2. The summed E-state index contributed by atoms with van der Waals surface area (Å²) in [5.41, 5.74) is 1.15. The summed E-state index contributed by atoms with van der Waals surface area (Å²) in [6, 6.07) is 9.95. The first-order valence-electron chi connectivity index (χ1n) is 6.63. The third-order valence-electron chi connectivity index (χ3n) is 2.48. The molecule has 0 N–H and O–H groups in total. The number of aryl methyl sites for hydroxylation is 1. The van der Waals surface area contributed by atoms with Crippen LogP contribution in [-0.2, 0) is 0 Å². The highest BCUT2D eigenvalue weighted by molar-refractivity contribution is 7.99. The van der Waals surface area contributed by atoms with Crippen molar-refractivity contribution in [3.63, 3.8) is 0 Å². The van der Waals surface area contributed by atoms with Crippen molar-refractivity contribution >= 4 is 11.8 Å². The molecule has 2 rings (SSSR count). The molecule has 4 heteroatoms. The van der Waals surface area contributed by atoms with Crippen LogP contribution in [-0.4, -0.2) is 16.6 Å². The monoisotopic (exact) mass is 288 g/mol. The van der Waals surface area contributed by atoms with Crippen molar-refractivity contribution in [2.75, 3.05) is 6.61 Å². The maximum Gasteiger partial charge on any atom is 0.192 e. The first-order chi connectivity index (χ1) is 9.42. The molecule has 0 aliphatic rings. The summed E-state index contributed by atoms with van der Waals surface area (Å²) in [6.45, 7) is 9.15. The van der Waals surface area contributed by atoms with E-state index < -0.39 is 0 Å². The number of ether oxygens (including phenoxy) is 1. The van der Waals surface area contributed by atoms with Gasteiger partial charge in [0.15, 0.2) is 5.16 Å². The van der Waals surface area contributed by atoms with Gasteiger partial charge in [-0.3, -0.25) is 0 Å². The molecule has 0 atom stereocenters. The Hall–Kier alpha value is -1.55. The first kappa shape index (κ1) is 14.9. The summed E-state index contributed by atoms with van der Waals surface area (Å²) in [4.78, 5) is 9.74. The molecule has 0 unspecified atom stereocenters. The lowest BCUT2D eigenvalue weighted by Gasteiger charge is -2.18. The molecule has 0 aliphatic carbocycles. The molecule has 0 radical (unpaired) electrons. The Labute approximate surface area is 124 Å². The minimum Gasteiger partial charge on any atom is -0.493 e. The number of rotatable bonds is 4. The second kappa shape index (κ2) is 6.27. The van der Waals surface area contributed by atoms with Crippen molar-refractivity contribution in [2.24, 2.45) is 5.41 Å². The van der Waals surface area contributed by atoms with Crippen molar-refractivity contribution in [1.82, 2.24) is 9.97 Å². The Balaban J connectivity index is 1.98. The van der Waals surface area contributed by atoms with Crippen LogP contribution in [0, 0.1) is 12.3 Å². The Morgan fingerprint density at radius 1 is 1.10 bits per heavy atom. The lowest BCUT2D eigenvalue weighted by atomic mass is 9.99. The highest BCUT2D eigenvalue weighted by atomic mass is 32.2. The summed E-state index contributed by atoms with van der Waals surface area (Å²) in [7, 11) is 0. The van der Waals surface area contributed by atoms with E-state index in [0.29, 0.717) is 6.61 Å². The van der Waals surface area contributed by atoms with Crippen molar-refractivity contribution in [3.8, 4) is 5.75 Å². The highest BCUT2D eigenvalue weighted by Gasteiger charge is 2.11. The molecular formula is C16H20N2OS. The normalized spacial score (nSPS) is 11.4. The smallest absolute Gasteiger partial charge is 0.192 e. The molecule has 0 saturated carbocycles. The number of hydrogen-bond donors (Lipinski definition) is 0. The van der Waals surface area contributed by atoms with Crippen LogP contribution >= 0.6 is 11.8 Å². The standard InChI is InChI=1S/C16H20N2OS/c1-12-9-10-17-15(18-12)20-14-7-5-13(6-8-14)19-11-16(2,3)4/h5-10H,11H2,1-4H3. The second-order valence-corrected chi connectivity index (χ2v) is 6.94. The summed E-state index contributed by atoms with van der Waals surface area (Å²) in [5, 5.41) is 0.772. The van der Waals surface area contributed by atoms with E-state index in [1.165, 1.54) is 0 Å². The Kier molecular flexibility index (Phi) is 4.65. The zero-order chi connectivity index (χ0) is 14.6. The molecule has 0 fully saturated rings. The van der Waals surface area contributed by atoms with Gasteiger partial charge in [-0.05, 0) is 54.4 Å². The van der Waals surface area contributed by atoms with Crippen LogP contribution in [0.4, 0.5) is 0 Å². The molecule has 0 spiro atoms. The van der Waals surface area contributed by atoms with Crippen molar-refractivity contribution < 1.29 is 4.74 Å². The molecule has 0 aliphatic heterocycles. The van der Waals surface area contributed by atoms with Gasteiger partial charge in [-0.15, -0.1) is 0 Å². The zero-order valence-electron chi connectivity index (χ0n) is 12.4. The molecule has 20 heavy (non-hydrogen) atoms. The van der Waals surface area contributed by atoms with Crippen LogP contribution in [0.3, 0.4) is 0 Å². The quantitative estimate of drug-likeness (QED) is 0.783. The fourth-order valence-electron chi connectivity index (χ4n) is 1.48. The van der Waals surface area contributed by atoms with Gasteiger partial charge in [0.25, 0.3) is 0 Å². The minimum absolute atomic E-state index is 0.169. The average Bonchev–Trinajstić information content (AvgIpc) is 2.37. The molecule has 0 saturated heterocycles. The van der Waals surface area contributed by atoms with E-state index in [0.717, 1.165) is 21.5 Å². The van der Waals surface area contributed by atoms with Gasteiger partial charge in [-0.2, -0.15) is 0 Å². The number of aromatic nitrogens is 2.